The number of carbonyl (C=O) groups is 2. The highest BCUT2D eigenvalue weighted by molar-refractivity contribution is 9.10. The van der Waals surface area contributed by atoms with Crippen LogP contribution in [0.2, 0.25) is 0 Å². The lowest BCUT2D eigenvalue weighted by Crippen LogP contribution is -2.35. The zero-order valence-corrected chi connectivity index (χ0v) is 13.2. The van der Waals surface area contributed by atoms with Crippen LogP contribution in [0.3, 0.4) is 0 Å². The molecule has 0 unspecified atom stereocenters. The zero-order valence-electron chi connectivity index (χ0n) is 11.6. The number of carbonyl (C=O) groups excluding carboxylic acids is 2. The predicted octanol–water partition coefficient (Wildman–Crippen LogP) is 3.37. The van der Waals surface area contributed by atoms with Gasteiger partial charge in [0.2, 0.25) is 0 Å². The van der Waals surface area contributed by atoms with Crippen molar-refractivity contribution in [2.75, 3.05) is 6.61 Å². The molecule has 0 saturated carbocycles. The molecule has 19 heavy (non-hydrogen) atoms. The van der Waals surface area contributed by atoms with Crippen LogP contribution in [-0.2, 0) is 16.0 Å². The smallest absolute Gasteiger partial charge is 0.320 e. The fraction of sp³-hybridized carbons (Fsp3) is 0.467. The van der Waals surface area contributed by atoms with Crippen molar-refractivity contribution >= 4 is 27.7 Å². The van der Waals surface area contributed by atoms with E-state index in [1.165, 1.54) is 0 Å². The summed E-state index contributed by atoms with van der Waals surface area (Å²) in [7, 11) is 0. The first kappa shape index (κ1) is 14.3. The molecule has 2 rings (SSSR count). The monoisotopic (exact) mass is 324 g/mol. The maximum Gasteiger partial charge on any atom is 0.320 e. The third kappa shape index (κ3) is 2.02. The minimum atomic E-state index is -1.07. The first-order chi connectivity index (χ1) is 8.82. The number of esters is 1. The summed E-state index contributed by atoms with van der Waals surface area (Å²) in [5, 5.41) is 0. The van der Waals surface area contributed by atoms with Gasteiger partial charge < -0.3 is 4.74 Å². The summed E-state index contributed by atoms with van der Waals surface area (Å²) < 4.78 is 6.00. The second-order valence-corrected chi connectivity index (χ2v) is 6.02. The van der Waals surface area contributed by atoms with Crippen LogP contribution in [0.4, 0.5) is 0 Å². The van der Waals surface area contributed by atoms with Crippen molar-refractivity contribution in [2.45, 2.75) is 34.1 Å². The minimum absolute atomic E-state index is 0.126. The van der Waals surface area contributed by atoms with Gasteiger partial charge in [-0.25, -0.2) is 0 Å². The van der Waals surface area contributed by atoms with Crippen LogP contribution < -0.4 is 0 Å². The quantitative estimate of drug-likeness (QED) is 0.618. The highest BCUT2D eigenvalue weighted by Gasteiger charge is 2.49. The number of ketones is 1. The number of aryl methyl sites for hydroxylation is 1. The average Bonchev–Trinajstić information content (AvgIpc) is 2.60. The molecule has 1 atom stereocenters. The zero-order chi connectivity index (χ0) is 14.4. The third-order valence-corrected chi connectivity index (χ3v) is 4.98. The Morgan fingerprint density at radius 3 is 2.68 bits per heavy atom. The van der Waals surface area contributed by atoms with Gasteiger partial charge in [-0.2, -0.15) is 0 Å². The van der Waals surface area contributed by atoms with E-state index in [2.05, 4.69) is 15.9 Å². The van der Waals surface area contributed by atoms with Crippen molar-refractivity contribution in [2.24, 2.45) is 5.41 Å². The summed E-state index contributed by atoms with van der Waals surface area (Å²) >= 11 is 3.50. The molecule has 0 aromatic heterocycles. The minimum Gasteiger partial charge on any atom is -0.465 e. The summed E-state index contributed by atoms with van der Waals surface area (Å²) in [5.41, 5.74) is 2.54. The summed E-state index contributed by atoms with van der Waals surface area (Å²) in [4.78, 5) is 24.7. The molecule has 0 radical (unpaired) electrons. The van der Waals surface area contributed by atoms with Crippen LogP contribution in [0, 0.1) is 19.3 Å². The molecule has 0 spiro atoms. The number of halogens is 1. The molecule has 3 nitrogen and oxygen atoms in total. The Labute approximate surface area is 121 Å². The topological polar surface area (TPSA) is 43.4 Å². The van der Waals surface area contributed by atoms with E-state index in [4.69, 9.17) is 4.74 Å². The van der Waals surface area contributed by atoms with Crippen molar-refractivity contribution in [1.82, 2.24) is 0 Å². The number of hydrogen-bond acceptors (Lipinski definition) is 3. The maximum atomic E-state index is 12.6. The van der Waals surface area contributed by atoms with Gasteiger partial charge in [-0.15, -0.1) is 0 Å². The molecule has 1 aliphatic carbocycles. The van der Waals surface area contributed by atoms with Crippen molar-refractivity contribution < 1.29 is 14.3 Å². The van der Waals surface area contributed by atoms with E-state index < -0.39 is 11.4 Å². The molecule has 0 N–H and O–H groups in total. The first-order valence-corrected chi connectivity index (χ1v) is 7.12. The number of fused-ring (bicyclic) bond motifs is 1. The lowest BCUT2D eigenvalue weighted by atomic mass is 9.86. The van der Waals surface area contributed by atoms with Gasteiger partial charge in [0.05, 0.1) is 6.61 Å². The molecular weight excluding hydrogens is 308 g/mol. The van der Waals surface area contributed by atoms with Crippen molar-refractivity contribution in [1.29, 1.82) is 0 Å². The SMILES string of the molecule is CCOC(=O)[C@@]1(C)Cc2cc(C)c(Br)c(C)c2C1=O. The Kier molecular flexibility index (Phi) is 3.56. The Balaban J connectivity index is 2.53. The normalized spacial score (nSPS) is 21.4. The van der Waals surface area contributed by atoms with Crippen LogP contribution in [0.5, 0.6) is 0 Å². The Morgan fingerprint density at radius 2 is 2.11 bits per heavy atom. The third-order valence-electron chi connectivity index (χ3n) is 3.76. The fourth-order valence-electron chi connectivity index (χ4n) is 2.69. The lowest BCUT2D eigenvalue weighted by Gasteiger charge is -2.19. The van der Waals surface area contributed by atoms with Crippen molar-refractivity contribution in [3.8, 4) is 0 Å². The van der Waals surface area contributed by atoms with Gasteiger partial charge in [0.15, 0.2) is 5.78 Å². The molecule has 0 amide bonds. The summed E-state index contributed by atoms with van der Waals surface area (Å²) in [5.74, 6) is -0.552. The largest absolute Gasteiger partial charge is 0.465 e. The van der Waals surface area contributed by atoms with Gasteiger partial charge >= 0.3 is 5.97 Å². The molecule has 0 bridgehead atoms. The van der Waals surface area contributed by atoms with Crippen molar-refractivity contribution in [3.05, 3.63) is 32.8 Å². The number of hydrogen-bond donors (Lipinski definition) is 0. The lowest BCUT2D eigenvalue weighted by molar-refractivity contribution is -0.151. The predicted molar refractivity (Wildman–Crippen MR) is 76.4 cm³/mol. The van der Waals surface area contributed by atoms with Gasteiger partial charge in [0.25, 0.3) is 0 Å². The van der Waals surface area contributed by atoms with E-state index >= 15 is 0 Å². The second kappa shape index (κ2) is 4.75. The number of Topliss-reactive ketones (excluding diaryl/α,β-unsaturated/α-hetero) is 1. The van der Waals surface area contributed by atoms with E-state index in [-0.39, 0.29) is 5.78 Å². The van der Waals surface area contributed by atoms with Crippen LogP contribution in [0.1, 0.15) is 40.9 Å². The van der Waals surface area contributed by atoms with Crippen LogP contribution in [0.25, 0.3) is 0 Å². The Hall–Kier alpha value is -1.16. The van der Waals surface area contributed by atoms with Gasteiger partial charge in [-0.3, -0.25) is 9.59 Å². The van der Waals surface area contributed by atoms with Gasteiger partial charge in [0, 0.05) is 10.0 Å². The molecule has 102 valence electrons. The Bertz CT molecular complexity index is 577. The molecule has 4 heteroatoms. The van der Waals surface area contributed by atoms with Gasteiger partial charge in [-0.05, 0) is 50.8 Å². The molecule has 0 saturated heterocycles. The first-order valence-electron chi connectivity index (χ1n) is 6.33. The van der Waals surface area contributed by atoms with E-state index in [0.717, 1.165) is 21.2 Å². The van der Waals surface area contributed by atoms with E-state index in [0.29, 0.717) is 18.6 Å². The second-order valence-electron chi connectivity index (χ2n) is 5.23. The molecule has 1 aliphatic rings. The number of ether oxygens (including phenoxy) is 1. The van der Waals surface area contributed by atoms with Gasteiger partial charge in [-0.1, -0.05) is 22.0 Å². The maximum absolute atomic E-state index is 12.6. The summed E-state index contributed by atoms with van der Waals surface area (Å²) in [6, 6.07) is 1.98. The van der Waals surface area contributed by atoms with E-state index in [1.807, 2.05) is 19.9 Å². The number of rotatable bonds is 2. The van der Waals surface area contributed by atoms with Crippen LogP contribution in [-0.4, -0.2) is 18.4 Å². The summed E-state index contributed by atoms with van der Waals surface area (Å²) in [6.07, 6.45) is 0.426. The van der Waals surface area contributed by atoms with Gasteiger partial charge in [0.1, 0.15) is 5.41 Å². The van der Waals surface area contributed by atoms with Crippen LogP contribution >= 0.6 is 15.9 Å². The van der Waals surface area contributed by atoms with Crippen LogP contribution in [0.15, 0.2) is 10.5 Å². The fourth-order valence-corrected chi connectivity index (χ4v) is 3.00. The molecule has 0 aliphatic heterocycles. The summed E-state index contributed by atoms with van der Waals surface area (Å²) in [6.45, 7) is 7.61. The van der Waals surface area contributed by atoms with E-state index in [9.17, 15) is 9.59 Å². The Morgan fingerprint density at radius 1 is 1.47 bits per heavy atom. The molecule has 0 heterocycles. The molecule has 0 fully saturated rings. The average molecular weight is 325 g/mol. The highest BCUT2D eigenvalue weighted by Crippen LogP contribution is 2.42. The molecule has 1 aromatic rings. The van der Waals surface area contributed by atoms with Crippen molar-refractivity contribution in [3.63, 3.8) is 0 Å². The standard InChI is InChI=1S/C15H17BrO3/c1-5-19-14(18)15(4)7-10-6-8(2)12(16)9(3)11(10)13(15)17/h6H,5,7H2,1-4H3/t15-/m0/s1. The highest BCUT2D eigenvalue weighted by atomic mass is 79.9. The molecule has 1 aromatic carbocycles. The number of benzene rings is 1. The molecular formula is C15H17BrO3. The van der Waals surface area contributed by atoms with E-state index in [1.54, 1.807) is 13.8 Å².